The van der Waals surface area contributed by atoms with E-state index < -0.39 is 5.97 Å². The van der Waals surface area contributed by atoms with Crippen molar-refractivity contribution in [3.05, 3.63) is 35.0 Å². The molecule has 1 aromatic heterocycles. The third kappa shape index (κ3) is 4.04. The van der Waals surface area contributed by atoms with Crippen LogP contribution >= 0.6 is 0 Å². The van der Waals surface area contributed by atoms with E-state index in [0.717, 1.165) is 37.4 Å². The van der Waals surface area contributed by atoms with E-state index in [2.05, 4.69) is 4.57 Å². The van der Waals surface area contributed by atoms with Gasteiger partial charge in [-0.1, -0.05) is 0 Å². The first-order valence-electron chi connectivity index (χ1n) is 8.49. The Balaban J connectivity index is 1.61. The summed E-state index contributed by atoms with van der Waals surface area (Å²) in [7, 11) is 0. The number of carbonyl (C=O) groups excluding carboxylic acids is 2. The number of rotatable bonds is 6. The van der Waals surface area contributed by atoms with Gasteiger partial charge >= 0.3 is 5.97 Å². The Morgan fingerprint density at radius 2 is 2.12 bits per heavy atom. The highest BCUT2D eigenvalue weighted by atomic mass is 16.6. The summed E-state index contributed by atoms with van der Waals surface area (Å²) >= 11 is 0. The summed E-state index contributed by atoms with van der Waals surface area (Å²) in [6.07, 6.45) is 3.52. The maximum Gasteiger partial charge on any atom is 0.377 e. The first kappa shape index (κ1) is 17.5. The summed E-state index contributed by atoms with van der Waals surface area (Å²) in [5, 5.41) is 0. The van der Waals surface area contributed by atoms with E-state index in [0.29, 0.717) is 18.8 Å². The number of Topliss-reactive ketones (excluding diaryl/α,β-unsaturated/α-hetero) is 1. The Labute approximate surface area is 146 Å². The van der Waals surface area contributed by atoms with Crippen LogP contribution in [-0.2, 0) is 30.3 Å². The van der Waals surface area contributed by atoms with E-state index in [4.69, 9.17) is 18.9 Å². The van der Waals surface area contributed by atoms with Gasteiger partial charge in [0.05, 0.1) is 6.10 Å². The van der Waals surface area contributed by atoms with Gasteiger partial charge in [-0.2, -0.15) is 0 Å². The second kappa shape index (κ2) is 7.74. The Kier molecular flexibility index (Phi) is 5.43. The number of ketones is 1. The van der Waals surface area contributed by atoms with Crippen LogP contribution in [-0.4, -0.2) is 48.9 Å². The lowest BCUT2D eigenvalue weighted by Crippen LogP contribution is -2.21. The molecule has 0 saturated carbocycles. The maximum atomic E-state index is 12.4. The van der Waals surface area contributed by atoms with Crippen molar-refractivity contribution < 1.29 is 28.5 Å². The minimum atomic E-state index is -0.693. The summed E-state index contributed by atoms with van der Waals surface area (Å²) in [5.74, 6) is -0.943. The molecule has 136 valence electrons. The number of ether oxygens (including phenoxy) is 4. The third-order valence-electron chi connectivity index (χ3n) is 4.47. The molecule has 2 aliphatic heterocycles. The molecule has 7 nitrogen and oxygen atoms in total. The Morgan fingerprint density at radius 1 is 1.28 bits per heavy atom. The smallest absolute Gasteiger partial charge is 0.377 e. The van der Waals surface area contributed by atoms with Crippen molar-refractivity contribution in [2.75, 3.05) is 26.4 Å². The van der Waals surface area contributed by atoms with Gasteiger partial charge in [0.15, 0.2) is 6.61 Å². The van der Waals surface area contributed by atoms with E-state index in [9.17, 15) is 9.59 Å². The molecule has 0 amide bonds. The van der Waals surface area contributed by atoms with Crippen LogP contribution in [0.1, 0.15) is 34.6 Å². The number of nitrogens with zero attached hydrogens (tertiary/aromatic N) is 1. The number of esters is 1. The number of carbonyl (C=O) groups is 2. The van der Waals surface area contributed by atoms with E-state index in [1.807, 2.05) is 19.9 Å². The standard InChI is InChI=1S/C18H23NO6/c1-12-8-15(13(2)19(12)9-14-4-3-5-23-14)16(20)10-25-18(21)17-11-22-6-7-24-17/h8,11,14H,3-7,9-10H2,1-2H3/t14-/m1/s1. The minimum Gasteiger partial charge on any atom is -0.493 e. The molecule has 0 bridgehead atoms. The average Bonchev–Trinajstić information content (AvgIpc) is 3.24. The van der Waals surface area contributed by atoms with Crippen molar-refractivity contribution in [3.8, 4) is 0 Å². The molecule has 0 aliphatic carbocycles. The van der Waals surface area contributed by atoms with Crippen LogP contribution in [0.15, 0.2) is 18.1 Å². The number of aryl methyl sites for hydroxylation is 1. The van der Waals surface area contributed by atoms with Crippen LogP contribution < -0.4 is 0 Å². The van der Waals surface area contributed by atoms with Gasteiger partial charge in [-0.15, -0.1) is 0 Å². The van der Waals surface area contributed by atoms with Gasteiger partial charge in [0.2, 0.25) is 11.5 Å². The fraction of sp³-hybridized carbons (Fsp3) is 0.556. The molecule has 3 heterocycles. The van der Waals surface area contributed by atoms with Crippen molar-refractivity contribution >= 4 is 11.8 Å². The van der Waals surface area contributed by atoms with Gasteiger partial charge in [0, 0.05) is 30.1 Å². The summed E-state index contributed by atoms with van der Waals surface area (Å²) in [4.78, 5) is 24.3. The zero-order chi connectivity index (χ0) is 17.8. The number of hydrogen-bond acceptors (Lipinski definition) is 6. The summed E-state index contributed by atoms with van der Waals surface area (Å²) < 4.78 is 22.9. The fourth-order valence-electron chi connectivity index (χ4n) is 3.11. The van der Waals surface area contributed by atoms with E-state index in [1.165, 1.54) is 6.26 Å². The fourth-order valence-corrected chi connectivity index (χ4v) is 3.11. The van der Waals surface area contributed by atoms with Crippen molar-refractivity contribution in [3.63, 3.8) is 0 Å². The molecular weight excluding hydrogens is 326 g/mol. The summed E-state index contributed by atoms with van der Waals surface area (Å²) in [5.41, 5.74) is 2.43. The van der Waals surface area contributed by atoms with Crippen LogP contribution in [0, 0.1) is 13.8 Å². The highest BCUT2D eigenvalue weighted by Crippen LogP contribution is 2.21. The maximum absolute atomic E-state index is 12.4. The van der Waals surface area contributed by atoms with Gasteiger partial charge in [-0.3, -0.25) is 4.79 Å². The second-order valence-corrected chi connectivity index (χ2v) is 6.23. The zero-order valence-corrected chi connectivity index (χ0v) is 14.6. The molecule has 1 fully saturated rings. The average molecular weight is 349 g/mol. The molecule has 0 aromatic carbocycles. The van der Waals surface area contributed by atoms with Crippen LogP contribution in [0.3, 0.4) is 0 Å². The topological polar surface area (TPSA) is 76.0 Å². The van der Waals surface area contributed by atoms with Gasteiger partial charge in [-0.25, -0.2) is 4.79 Å². The molecule has 25 heavy (non-hydrogen) atoms. The molecule has 2 aliphatic rings. The molecule has 0 N–H and O–H groups in total. The van der Waals surface area contributed by atoms with Crippen molar-refractivity contribution in [1.82, 2.24) is 4.57 Å². The number of hydrogen-bond donors (Lipinski definition) is 0. The SMILES string of the molecule is Cc1cc(C(=O)COC(=O)C2=COCCO2)c(C)n1C[C@H]1CCCO1. The van der Waals surface area contributed by atoms with E-state index in [1.54, 1.807) is 0 Å². The Morgan fingerprint density at radius 3 is 2.80 bits per heavy atom. The number of aromatic nitrogens is 1. The normalized spacial score (nSPS) is 19.8. The van der Waals surface area contributed by atoms with Crippen LogP contribution in [0.2, 0.25) is 0 Å². The molecule has 1 saturated heterocycles. The van der Waals surface area contributed by atoms with E-state index >= 15 is 0 Å². The molecule has 3 rings (SSSR count). The monoisotopic (exact) mass is 349 g/mol. The lowest BCUT2D eigenvalue weighted by molar-refractivity contribution is -0.143. The van der Waals surface area contributed by atoms with Crippen molar-refractivity contribution in [2.24, 2.45) is 0 Å². The van der Waals surface area contributed by atoms with Gasteiger partial charge in [0.25, 0.3) is 0 Å². The van der Waals surface area contributed by atoms with Crippen LogP contribution in [0.5, 0.6) is 0 Å². The molecule has 7 heteroatoms. The third-order valence-corrected chi connectivity index (χ3v) is 4.47. The second-order valence-electron chi connectivity index (χ2n) is 6.23. The Hall–Kier alpha value is -2.28. The minimum absolute atomic E-state index is 0.0112. The molecule has 0 unspecified atom stereocenters. The van der Waals surface area contributed by atoms with Gasteiger partial charge in [-0.05, 0) is 32.8 Å². The molecule has 0 spiro atoms. The van der Waals surface area contributed by atoms with Gasteiger partial charge in [0.1, 0.15) is 19.5 Å². The lowest BCUT2D eigenvalue weighted by atomic mass is 10.1. The quantitative estimate of drug-likeness (QED) is 0.577. The first-order chi connectivity index (χ1) is 12.1. The molecule has 1 aromatic rings. The first-order valence-corrected chi connectivity index (χ1v) is 8.49. The lowest BCUT2D eigenvalue weighted by Gasteiger charge is -2.15. The summed E-state index contributed by atoms with van der Waals surface area (Å²) in [6.45, 7) is 5.76. The van der Waals surface area contributed by atoms with E-state index in [-0.39, 0.29) is 24.3 Å². The molecule has 0 radical (unpaired) electrons. The summed E-state index contributed by atoms with van der Waals surface area (Å²) in [6, 6.07) is 1.83. The van der Waals surface area contributed by atoms with Crippen LogP contribution in [0.4, 0.5) is 0 Å². The van der Waals surface area contributed by atoms with Crippen molar-refractivity contribution in [2.45, 2.75) is 39.3 Å². The van der Waals surface area contributed by atoms with Gasteiger partial charge < -0.3 is 23.5 Å². The highest BCUT2D eigenvalue weighted by molar-refractivity contribution is 6.00. The van der Waals surface area contributed by atoms with Crippen LogP contribution in [0.25, 0.3) is 0 Å². The Bertz CT molecular complexity index is 684. The molecule has 1 atom stereocenters. The molecular formula is C18H23NO6. The van der Waals surface area contributed by atoms with Crippen molar-refractivity contribution in [1.29, 1.82) is 0 Å². The zero-order valence-electron chi connectivity index (χ0n) is 14.6. The predicted molar refractivity (Wildman–Crippen MR) is 88.2 cm³/mol. The highest BCUT2D eigenvalue weighted by Gasteiger charge is 2.23. The largest absolute Gasteiger partial charge is 0.493 e. The predicted octanol–water partition coefficient (Wildman–Crippen LogP) is 1.90.